The van der Waals surface area contributed by atoms with Crippen LogP contribution < -0.4 is 0 Å². The van der Waals surface area contributed by atoms with E-state index in [9.17, 15) is 0 Å². The Balaban J connectivity index is 1.92. The van der Waals surface area contributed by atoms with Crippen molar-refractivity contribution in [3.05, 3.63) is 11.8 Å². The van der Waals surface area contributed by atoms with Crippen LogP contribution in [-0.2, 0) is 4.74 Å². The summed E-state index contributed by atoms with van der Waals surface area (Å²) < 4.78 is 5.49. The molecule has 0 radical (unpaired) electrons. The van der Waals surface area contributed by atoms with Gasteiger partial charge in [0.25, 0.3) is 0 Å². The summed E-state index contributed by atoms with van der Waals surface area (Å²) in [4.78, 5) is 2.59. The molecule has 2 heteroatoms. The van der Waals surface area contributed by atoms with Crippen LogP contribution in [0.15, 0.2) is 11.8 Å². The van der Waals surface area contributed by atoms with Gasteiger partial charge in [0, 0.05) is 24.2 Å². The van der Waals surface area contributed by atoms with Gasteiger partial charge in [-0.05, 0) is 24.2 Å². The van der Waals surface area contributed by atoms with Crippen LogP contribution in [0.2, 0.25) is 0 Å². The molecule has 1 saturated heterocycles. The number of hydrogen-bond acceptors (Lipinski definition) is 2. The first-order valence-corrected chi connectivity index (χ1v) is 7.11. The van der Waals surface area contributed by atoms with Crippen LogP contribution >= 0.6 is 0 Å². The van der Waals surface area contributed by atoms with Crippen molar-refractivity contribution in [3.63, 3.8) is 0 Å². The first-order chi connectivity index (χ1) is 8.06. The van der Waals surface area contributed by atoms with Gasteiger partial charge in [-0.1, -0.05) is 33.3 Å². The highest BCUT2D eigenvalue weighted by molar-refractivity contribution is 5.29. The fourth-order valence-electron chi connectivity index (χ4n) is 4.15. The molecule has 2 nitrogen and oxygen atoms in total. The maximum absolute atomic E-state index is 5.49. The van der Waals surface area contributed by atoms with Crippen molar-refractivity contribution in [1.82, 2.24) is 4.90 Å². The van der Waals surface area contributed by atoms with Crippen LogP contribution in [0.3, 0.4) is 0 Å². The zero-order valence-corrected chi connectivity index (χ0v) is 11.5. The molecule has 2 aliphatic carbocycles. The standard InChI is InChI=1S/C15H25NO/c1-14(2)12-5-4-6-15(14,3)13(11-12)16-7-9-17-10-8-16/h11-12H,4-10H2,1-3H3. The molecular weight excluding hydrogens is 210 g/mol. The van der Waals surface area contributed by atoms with E-state index < -0.39 is 0 Å². The van der Waals surface area contributed by atoms with Gasteiger partial charge in [0.1, 0.15) is 0 Å². The number of allylic oxidation sites excluding steroid dienone is 2. The molecule has 3 rings (SSSR count). The third-order valence-electron chi connectivity index (χ3n) is 5.82. The summed E-state index contributed by atoms with van der Waals surface area (Å²) in [5, 5.41) is 0. The number of fused-ring (bicyclic) bond motifs is 2. The second-order valence-electron chi connectivity index (χ2n) is 6.70. The lowest BCUT2D eigenvalue weighted by molar-refractivity contribution is 0.00490. The van der Waals surface area contributed by atoms with E-state index in [4.69, 9.17) is 4.74 Å². The number of hydrogen-bond donors (Lipinski definition) is 0. The minimum absolute atomic E-state index is 0.396. The normalized spacial score (nSPS) is 40.3. The van der Waals surface area contributed by atoms with Crippen LogP contribution in [0.25, 0.3) is 0 Å². The Morgan fingerprint density at radius 3 is 2.59 bits per heavy atom. The maximum Gasteiger partial charge on any atom is 0.0642 e. The zero-order valence-electron chi connectivity index (χ0n) is 11.5. The van der Waals surface area contributed by atoms with Crippen LogP contribution in [0.4, 0.5) is 0 Å². The van der Waals surface area contributed by atoms with Gasteiger partial charge >= 0.3 is 0 Å². The molecule has 0 aromatic rings. The summed E-state index contributed by atoms with van der Waals surface area (Å²) >= 11 is 0. The van der Waals surface area contributed by atoms with E-state index in [1.54, 1.807) is 5.70 Å². The Kier molecular flexibility index (Phi) is 2.55. The van der Waals surface area contributed by atoms with Crippen molar-refractivity contribution in [2.24, 2.45) is 16.7 Å². The van der Waals surface area contributed by atoms with Gasteiger partial charge in [0.2, 0.25) is 0 Å². The predicted octanol–water partition coefficient (Wildman–Crippen LogP) is 3.05. The Morgan fingerprint density at radius 1 is 1.24 bits per heavy atom. The van der Waals surface area contributed by atoms with Crippen molar-refractivity contribution in [1.29, 1.82) is 0 Å². The molecule has 1 saturated carbocycles. The van der Waals surface area contributed by atoms with Gasteiger partial charge in [-0.25, -0.2) is 0 Å². The number of rotatable bonds is 1. The van der Waals surface area contributed by atoms with E-state index in [0.29, 0.717) is 10.8 Å². The first kappa shape index (κ1) is 11.6. The second-order valence-corrected chi connectivity index (χ2v) is 6.70. The van der Waals surface area contributed by atoms with Crippen LogP contribution in [0, 0.1) is 16.7 Å². The lowest BCUT2D eigenvalue weighted by atomic mass is 9.57. The lowest BCUT2D eigenvalue weighted by Crippen LogP contribution is -2.46. The molecule has 2 fully saturated rings. The topological polar surface area (TPSA) is 12.5 Å². The Labute approximate surface area is 105 Å². The fraction of sp³-hybridized carbons (Fsp3) is 0.867. The quantitative estimate of drug-likeness (QED) is 0.692. The molecule has 2 bridgehead atoms. The molecular formula is C15H25NO. The van der Waals surface area contributed by atoms with Gasteiger partial charge in [0.05, 0.1) is 13.2 Å². The zero-order chi connectivity index (χ0) is 12.1. The third-order valence-corrected chi connectivity index (χ3v) is 5.82. The molecule has 1 aliphatic heterocycles. The van der Waals surface area contributed by atoms with Gasteiger partial charge in [-0.15, -0.1) is 0 Å². The minimum Gasteiger partial charge on any atom is -0.378 e. The first-order valence-electron chi connectivity index (χ1n) is 7.11. The highest BCUT2D eigenvalue weighted by Crippen LogP contribution is 2.63. The molecule has 0 amide bonds. The molecule has 0 aromatic carbocycles. The van der Waals surface area contributed by atoms with E-state index >= 15 is 0 Å². The lowest BCUT2D eigenvalue weighted by Gasteiger charge is -2.50. The summed E-state index contributed by atoms with van der Waals surface area (Å²) in [5.74, 6) is 0.791. The molecule has 0 N–H and O–H groups in total. The summed E-state index contributed by atoms with van der Waals surface area (Å²) in [7, 11) is 0. The van der Waals surface area contributed by atoms with E-state index in [1.807, 2.05) is 0 Å². The van der Waals surface area contributed by atoms with Gasteiger partial charge < -0.3 is 9.64 Å². The molecule has 0 aromatic heterocycles. The van der Waals surface area contributed by atoms with Crippen LogP contribution in [-0.4, -0.2) is 31.2 Å². The average Bonchev–Trinajstić information content (AvgIpc) is 2.46. The van der Waals surface area contributed by atoms with Gasteiger partial charge in [0.15, 0.2) is 0 Å². The average molecular weight is 235 g/mol. The second kappa shape index (κ2) is 3.74. The monoisotopic (exact) mass is 235 g/mol. The van der Waals surface area contributed by atoms with E-state index in [-0.39, 0.29) is 0 Å². The molecule has 2 unspecified atom stereocenters. The van der Waals surface area contributed by atoms with Crippen LogP contribution in [0.5, 0.6) is 0 Å². The molecule has 0 spiro atoms. The highest BCUT2D eigenvalue weighted by atomic mass is 16.5. The third kappa shape index (κ3) is 1.49. The van der Waals surface area contributed by atoms with Crippen molar-refractivity contribution in [2.75, 3.05) is 26.3 Å². The molecule has 2 atom stereocenters. The van der Waals surface area contributed by atoms with Crippen molar-refractivity contribution in [2.45, 2.75) is 40.0 Å². The maximum atomic E-state index is 5.49. The smallest absolute Gasteiger partial charge is 0.0642 e. The molecule has 96 valence electrons. The Hall–Kier alpha value is -0.500. The van der Waals surface area contributed by atoms with Gasteiger partial charge in [-0.3, -0.25) is 0 Å². The van der Waals surface area contributed by atoms with Crippen molar-refractivity contribution < 1.29 is 4.74 Å². The van der Waals surface area contributed by atoms with Gasteiger partial charge in [-0.2, -0.15) is 0 Å². The fourth-order valence-corrected chi connectivity index (χ4v) is 4.15. The predicted molar refractivity (Wildman–Crippen MR) is 69.7 cm³/mol. The highest BCUT2D eigenvalue weighted by Gasteiger charge is 2.55. The van der Waals surface area contributed by atoms with Crippen molar-refractivity contribution >= 4 is 0 Å². The molecule has 17 heavy (non-hydrogen) atoms. The Bertz CT molecular complexity index is 341. The summed E-state index contributed by atoms with van der Waals surface area (Å²) in [6.07, 6.45) is 6.74. The minimum atomic E-state index is 0.396. The van der Waals surface area contributed by atoms with Crippen molar-refractivity contribution in [3.8, 4) is 0 Å². The SMILES string of the molecule is CC12CCCC(C=C1N1CCOCC1)C2(C)C. The summed E-state index contributed by atoms with van der Waals surface area (Å²) in [6.45, 7) is 11.4. The number of morpholine rings is 1. The summed E-state index contributed by atoms with van der Waals surface area (Å²) in [6, 6.07) is 0. The Morgan fingerprint density at radius 2 is 1.94 bits per heavy atom. The van der Waals surface area contributed by atoms with Crippen LogP contribution in [0.1, 0.15) is 40.0 Å². The molecule has 3 aliphatic rings. The number of ether oxygens (including phenoxy) is 1. The van der Waals surface area contributed by atoms with E-state index in [0.717, 1.165) is 32.2 Å². The largest absolute Gasteiger partial charge is 0.378 e. The summed E-state index contributed by atoms with van der Waals surface area (Å²) in [5.41, 5.74) is 2.47. The van der Waals surface area contributed by atoms with E-state index in [2.05, 4.69) is 31.7 Å². The number of nitrogens with zero attached hydrogens (tertiary/aromatic N) is 1. The van der Waals surface area contributed by atoms with E-state index in [1.165, 1.54) is 19.3 Å². The molecule has 1 heterocycles.